The second-order valence-corrected chi connectivity index (χ2v) is 7.79. The number of carbonyl (C=O) groups is 1. The number of rotatable bonds is 6. The van der Waals surface area contributed by atoms with Crippen molar-refractivity contribution in [2.75, 3.05) is 11.9 Å². The lowest BCUT2D eigenvalue weighted by Crippen LogP contribution is -2.32. The van der Waals surface area contributed by atoms with E-state index >= 15 is 0 Å². The van der Waals surface area contributed by atoms with Crippen molar-refractivity contribution in [2.24, 2.45) is 5.92 Å². The molecule has 1 fully saturated rings. The summed E-state index contributed by atoms with van der Waals surface area (Å²) in [5.74, 6) is 1.35. The van der Waals surface area contributed by atoms with Crippen LogP contribution < -0.4 is 10.6 Å². The molecular weight excluding hydrogens is 296 g/mol. The Labute approximate surface area is 137 Å². The predicted octanol–water partition coefficient (Wildman–Crippen LogP) is 3.61. The zero-order chi connectivity index (χ0) is 15.9. The highest BCUT2D eigenvalue weighted by Crippen LogP contribution is 2.24. The van der Waals surface area contributed by atoms with Gasteiger partial charge in [0, 0.05) is 18.0 Å². The molecule has 3 N–H and O–H groups in total. The van der Waals surface area contributed by atoms with Crippen molar-refractivity contribution in [3.8, 4) is 0 Å². The normalized spacial score (nSPS) is 21.1. The first-order valence-corrected chi connectivity index (χ1v) is 9.01. The van der Waals surface area contributed by atoms with E-state index in [0.717, 1.165) is 30.7 Å². The number of hydrogen-bond donors (Lipinski definition) is 3. The molecule has 1 saturated carbocycles. The number of thioether (sulfide) groups is 1. The number of urea groups is 1. The number of carbonyl (C=O) groups excluding carboxylic acids is 1. The van der Waals surface area contributed by atoms with Gasteiger partial charge < -0.3 is 15.7 Å². The summed E-state index contributed by atoms with van der Waals surface area (Å²) in [5, 5.41) is 15.9. The molecule has 0 heterocycles. The number of amides is 2. The van der Waals surface area contributed by atoms with E-state index in [9.17, 15) is 9.90 Å². The van der Waals surface area contributed by atoms with Crippen LogP contribution in [0.3, 0.4) is 0 Å². The molecule has 0 radical (unpaired) electrons. The van der Waals surface area contributed by atoms with E-state index in [2.05, 4.69) is 30.5 Å². The van der Waals surface area contributed by atoms with E-state index in [4.69, 9.17) is 0 Å². The molecule has 2 rings (SSSR count). The molecule has 22 heavy (non-hydrogen) atoms. The molecule has 4 nitrogen and oxygen atoms in total. The molecule has 0 aliphatic heterocycles. The maximum Gasteiger partial charge on any atom is 0.319 e. The minimum Gasteiger partial charge on any atom is -0.393 e. The van der Waals surface area contributed by atoms with Crippen LogP contribution in [-0.2, 0) is 5.75 Å². The van der Waals surface area contributed by atoms with E-state index in [0.29, 0.717) is 17.7 Å². The Balaban J connectivity index is 1.77. The predicted molar refractivity (Wildman–Crippen MR) is 93.2 cm³/mol. The number of hydrogen-bond acceptors (Lipinski definition) is 3. The topological polar surface area (TPSA) is 61.4 Å². The molecule has 1 aliphatic rings. The smallest absolute Gasteiger partial charge is 0.319 e. The second-order valence-electron chi connectivity index (χ2n) is 6.23. The maximum absolute atomic E-state index is 11.9. The minimum absolute atomic E-state index is 0.171. The molecule has 0 saturated heterocycles. The third kappa shape index (κ3) is 5.89. The van der Waals surface area contributed by atoms with Crippen molar-refractivity contribution >= 4 is 23.5 Å². The van der Waals surface area contributed by atoms with Crippen LogP contribution in [0.25, 0.3) is 0 Å². The van der Waals surface area contributed by atoms with Crippen LogP contribution in [0.1, 0.15) is 38.7 Å². The molecule has 2 amide bonds. The zero-order valence-electron chi connectivity index (χ0n) is 13.3. The van der Waals surface area contributed by atoms with E-state index in [1.54, 1.807) is 0 Å². The highest BCUT2D eigenvalue weighted by Gasteiger charge is 2.22. The van der Waals surface area contributed by atoms with E-state index in [-0.39, 0.29) is 12.1 Å². The monoisotopic (exact) mass is 322 g/mol. The first-order valence-electron chi connectivity index (χ1n) is 7.96. The van der Waals surface area contributed by atoms with Crippen LogP contribution in [-0.4, -0.2) is 29.0 Å². The fraction of sp³-hybridized carbons (Fsp3) is 0.588. The first-order chi connectivity index (χ1) is 10.5. The lowest BCUT2D eigenvalue weighted by atomic mass is 10.1. The van der Waals surface area contributed by atoms with Gasteiger partial charge in [0.2, 0.25) is 0 Å². The Morgan fingerprint density at radius 2 is 2.23 bits per heavy atom. The van der Waals surface area contributed by atoms with E-state index in [1.165, 1.54) is 5.56 Å². The Morgan fingerprint density at radius 3 is 2.91 bits per heavy atom. The van der Waals surface area contributed by atoms with Crippen LogP contribution in [0.2, 0.25) is 0 Å². The number of aliphatic hydroxyl groups excluding tert-OH is 1. The summed E-state index contributed by atoms with van der Waals surface area (Å²) in [6, 6.07) is 7.81. The molecule has 122 valence electrons. The summed E-state index contributed by atoms with van der Waals surface area (Å²) in [4.78, 5) is 11.9. The Kier molecular flexibility index (Phi) is 6.58. The maximum atomic E-state index is 11.9. The molecule has 0 spiro atoms. The molecule has 2 atom stereocenters. The van der Waals surface area contributed by atoms with Gasteiger partial charge in [0.25, 0.3) is 0 Å². The third-order valence-electron chi connectivity index (χ3n) is 3.83. The van der Waals surface area contributed by atoms with Crippen molar-refractivity contribution in [2.45, 2.75) is 50.2 Å². The van der Waals surface area contributed by atoms with E-state index < -0.39 is 0 Å². The minimum atomic E-state index is -0.190. The van der Waals surface area contributed by atoms with Crippen molar-refractivity contribution in [1.82, 2.24) is 5.32 Å². The molecular formula is C17H26N2O2S. The largest absolute Gasteiger partial charge is 0.393 e. The van der Waals surface area contributed by atoms with Gasteiger partial charge in [-0.1, -0.05) is 26.0 Å². The van der Waals surface area contributed by atoms with Crippen molar-refractivity contribution in [3.63, 3.8) is 0 Å². The van der Waals surface area contributed by atoms with Gasteiger partial charge in [0.15, 0.2) is 0 Å². The third-order valence-corrected chi connectivity index (χ3v) is 5.00. The number of aliphatic hydroxyl groups is 1. The number of benzene rings is 1. The van der Waals surface area contributed by atoms with E-state index in [1.807, 2.05) is 30.0 Å². The fourth-order valence-electron chi connectivity index (χ4n) is 2.65. The van der Waals surface area contributed by atoms with Gasteiger partial charge >= 0.3 is 6.03 Å². The zero-order valence-corrected chi connectivity index (χ0v) is 14.2. The standard InChI is InChI=1S/C17H26N2O2S/c1-12(2)22-11-14-4-3-5-15(8-14)19-17(21)18-10-13-6-7-16(20)9-13/h3-5,8,12-13,16,20H,6-7,9-11H2,1-2H3,(H2,18,19,21). The lowest BCUT2D eigenvalue weighted by molar-refractivity contribution is 0.177. The van der Waals surface area contributed by atoms with Crippen LogP contribution in [0, 0.1) is 5.92 Å². The summed E-state index contributed by atoms with van der Waals surface area (Å²) < 4.78 is 0. The average molecular weight is 322 g/mol. The van der Waals surface area contributed by atoms with Gasteiger partial charge in [-0.05, 0) is 48.1 Å². The summed E-state index contributed by atoms with van der Waals surface area (Å²) in [6.45, 7) is 4.99. The van der Waals surface area contributed by atoms with Gasteiger partial charge in [0.05, 0.1) is 6.10 Å². The molecule has 1 aromatic carbocycles. The van der Waals surface area contributed by atoms with Crippen LogP contribution in [0.4, 0.5) is 10.5 Å². The Hall–Kier alpha value is -1.20. The van der Waals surface area contributed by atoms with Gasteiger partial charge in [-0.3, -0.25) is 0 Å². The van der Waals surface area contributed by atoms with Crippen LogP contribution in [0.5, 0.6) is 0 Å². The van der Waals surface area contributed by atoms with Gasteiger partial charge in [-0.2, -0.15) is 11.8 Å². The lowest BCUT2D eigenvalue weighted by Gasteiger charge is -2.12. The SMILES string of the molecule is CC(C)SCc1cccc(NC(=O)NCC2CCC(O)C2)c1. The van der Waals surface area contributed by atoms with Gasteiger partial charge in [-0.25, -0.2) is 4.79 Å². The molecule has 1 aliphatic carbocycles. The number of nitrogens with one attached hydrogen (secondary N) is 2. The Morgan fingerprint density at radius 1 is 1.41 bits per heavy atom. The second kappa shape index (κ2) is 8.44. The molecule has 2 unspecified atom stereocenters. The molecule has 0 bridgehead atoms. The Bertz CT molecular complexity index is 493. The highest BCUT2D eigenvalue weighted by atomic mass is 32.2. The fourth-order valence-corrected chi connectivity index (χ4v) is 3.35. The summed E-state index contributed by atoms with van der Waals surface area (Å²) >= 11 is 1.89. The summed E-state index contributed by atoms with van der Waals surface area (Å²) in [6.07, 6.45) is 2.44. The van der Waals surface area contributed by atoms with Crippen molar-refractivity contribution in [3.05, 3.63) is 29.8 Å². The van der Waals surface area contributed by atoms with Gasteiger partial charge in [-0.15, -0.1) is 0 Å². The highest BCUT2D eigenvalue weighted by molar-refractivity contribution is 7.99. The molecule has 1 aromatic rings. The molecule has 0 aromatic heterocycles. The summed E-state index contributed by atoms with van der Waals surface area (Å²) in [5.41, 5.74) is 2.04. The van der Waals surface area contributed by atoms with Crippen molar-refractivity contribution < 1.29 is 9.90 Å². The van der Waals surface area contributed by atoms with Crippen LogP contribution in [0.15, 0.2) is 24.3 Å². The van der Waals surface area contributed by atoms with Gasteiger partial charge in [0.1, 0.15) is 0 Å². The molecule has 5 heteroatoms. The first kappa shape index (κ1) is 17.2. The van der Waals surface area contributed by atoms with Crippen LogP contribution >= 0.6 is 11.8 Å². The van der Waals surface area contributed by atoms with Crippen molar-refractivity contribution in [1.29, 1.82) is 0 Å². The number of anilines is 1. The average Bonchev–Trinajstić information content (AvgIpc) is 2.89. The summed E-state index contributed by atoms with van der Waals surface area (Å²) in [7, 11) is 0. The quantitative estimate of drug-likeness (QED) is 0.750.